The van der Waals surface area contributed by atoms with Gasteiger partial charge in [-0.1, -0.05) is 79.5 Å². The van der Waals surface area contributed by atoms with Crippen LogP contribution in [0.1, 0.15) is 29.8 Å². The van der Waals surface area contributed by atoms with Crippen molar-refractivity contribution in [2.45, 2.75) is 19.9 Å². The Morgan fingerprint density at radius 2 is 1.73 bits per heavy atom. The summed E-state index contributed by atoms with van der Waals surface area (Å²) < 4.78 is 0. The first-order valence-electron chi connectivity index (χ1n) is 9.43. The number of nitrogens with one attached hydrogen (secondary N) is 2. The van der Waals surface area contributed by atoms with E-state index in [2.05, 4.69) is 15.8 Å². The van der Waals surface area contributed by atoms with Crippen LogP contribution in [0.15, 0.2) is 65.8 Å². The summed E-state index contributed by atoms with van der Waals surface area (Å²) in [6, 6.07) is 17.6. The van der Waals surface area contributed by atoms with E-state index in [4.69, 9.17) is 23.2 Å². The number of nitrogens with zero attached hydrogens (tertiary/aromatic N) is 1. The molecule has 0 fully saturated rings. The van der Waals surface area contributed by atoms with Gasteiger partial charge < -0.3 is 5.32 Å². The van der Waals surface area contributed by atoms with Gasteiger partial charge in [0.05, 0.1) is 16.8 Å². The minimum atomic E-state index is -0.783. The molecule has 3 aromatic carbocycles. The minimum absolute atomic E-state index is 0.159. The summed E-state index contributed by atoms with van der Waals surface area (Å²) in [4.78, 5) is 25.2. The first-order valence-corrected chi connectivity index (χ1v) is 10.2. The lowest BCUT2D eigenvalue weighted by atomic mass is 10.0. The van der Waals surface area contributed by atoms with Crippen LogP contribution >= 0.6 is 23.2 Å². The number of amides is 2. The standard InChI is InChI=1S/C23H21Cl2N3O2/c1-14(2)21(27-22(29)19-11-10-17(24)12-20(19)25)23(30)28-26-13-16-8-5-7-15-6-3-4-9-18(15)16/h3-14,21H,1-2H3,(H,27,29)(H,28,30). The van der Waals surface area contributed by atoms with Crippen molar-refractivity contribution in [3.63, 3.8) is 0 Å². The number of fused-ring (bicyclic) bond motifs is 1. The fraction of sp³-hybridized carbons (Fsp3) is 0.174. The molecule has 0 saturated carbocycles. The number of rotatable bonds is 6. The van der Waals surface area contributed by atoms with Crippen molar-refractivity contribution in [2.75, 3.05) is 0 Å². The molecule has 0 heterocycles. The first kappa shape index (κ1) is 21.8. The van der Waals surface area contributed by atoms with Crippen LogP contribution in [0.25, 0.3) is 10.8 Å². The molecule has 5 nitrogen and oxygen atoms in total. The number of carbonyl (C=O) groups is 2. The van der Waals surface area contributed by atoms with Crippen LogP contribution in [0, 0.1) is 5.92 Å². The molecule has 1 atom stereocenters. The number of hydrogen-bond acceptors (Lipinski definition) is 3. The molecule has 0 aliphatic carbocycles. The van der Waals surface area contributed by atoms with Crippen LogP contribution in [0.2, 0.25) is 10.0 Å². The second-order valence-electron chi connectivity index (χ2n) is 7.12. The maximum Gasteiger partial charge on any atom is 0.262 e. The highest BCUT2D eigenvalue weighted by atomic mass is 35.5. The van der Waals surface area contributed by atoms with Gasteiger partial charge in [0, 0.05) is 10.6 Å². The molecule has 0 spiro atoms. The Labute approximate surface area is 185 Å². The van der Waals surface area contributed by atoms with Crippen molar-refractivity contribution >= 4 is 52.0 Å². The zero-order valence-corrected chi connectivity index (χ0v) is 18.0. The fourth-order valence-electron chi connectivity index (χ4n) is 3.03. The molecule has 0 aromatic heterocycles. The number of carbonyl (C=O) groups excluding carboxylic acids is 2. The molecule has 1 unspecified atom stereocenters. The molecule has 0 radical (unpaired) electrons. The molecule has 7 heteroatoms. The quantitative estimate of drug-likeness (QED) is 0.414. The van der Waals surface area contributed by atoms with E-state index < -0.39 is 17.9 Å². The molecule has 2 amide bonds. The van der Waals surface area contributed by atoms with Crippen molar-refractivity contribution in [1.82, 2.24) is 10.7 Å². The summed E-state index contributed by atoms with van der Waals surface area (Å²) in [5.74, 6) is -1.03. The van der Waals surface area contributed by atoms with E-state index >= 15 is 0 Å². The smallest absolute Gasteiger partial charge is 0.262 e. The van der Waals surface area contributed by atoms with Gasteiger partial charge in [0.25, 0.3) is 11.8 Å². The summed E-state index contributed by atoms with van der Waals surface area (Å²) in [6.07, 6.45) is 1.59. The summed E-state index contributed by atoms with van der Waals surface area (Å²) in [6.45, 7) is 3.67. The molecule has 2 N–H and O–H groups in total. The highest BCUT2D eigenvalue weighted by molar-refractivity contribution is 6.36. The number of hydrazone groups is 1. The van der Waals surface area contributed by atoms with Crippen molar-refractivity contribution < 1.29 is 9.59 Å². The Kier molecular flexibility index (Phi) is 7.08. The molecular weight excluding hydrogens is 421 g/mol. The Morgan fingerprint density at radius 3 is 2.47 bits per heavy atom. The largest absolute Gasteiger partial charge is 0.340 e. The third-order valence-electron chi connectivity index (χ3n) is 4.61. The van der Waals surface area contributed by atoms with Gasteiger partial charge in [0.1, 0.15) is 6.04 Å². The second kappa shape index (κ2) is 9.74. The monoisotopic (exact) mass is 441 g/mol. The summed E-state index contributed by atoms with van der Waals surface area (Å²) in [7, 11) is 0. The molecule has 3 rings (SSSR count). The summed E-state index contributed by atoms with van der Waals surface area (Å²) in [5.41, 5.74) is 3.65. The van der Waals surface area contributed by atoms with Gasteiger partial charge in [-0.25, -0.2) is 5.43 Å². The van der Waals surface area contributed by atoms with Gasteiger partial charge in [-0.2, -0.15) is 5.10 Å². The van der Waals surface area contributed by atoms with Crippen LogP contribution in [0.4, 0.5) is 0 Å². The van der Waals surface area contributed by atoms with E-state index in [0.717, 1.165) is 16.3 Å². The summed E-state index contributed by atoms with van der Waals surface area (Å²) in [5, 5.41) is 9.57. The van der Waals surface area contributed by atoms with Gasteiger partial charge in [-0.05, 0) is 34.9 Å². The first-order chi connectivity index (χ1) is 14.4. The Bertz CT molecular complexity index is 1110. The van der Waals surface area contributed by atoms with Gasteiger partial charge in [0.2, 0.25) is 0 Å². The predicted molar refractivity (Wildman–Crippen MR) is 122 cm³/mol. The predicted octanol–water partition coefficient (Wildman–Crippen LogP) is 5.05. The fourth-order valence-corrected chi connectivity index (χ4v) is 3.52. The zero-order valence-electron chi connectivity index (χ0n) is 16.5. The maximum atomic E-state index is 12.7. The lowest BCUT2D eigenvalue weighted by Gasteiger charge is -2.20. The van der Waals surface area contributed by atoms with Crippen LogP contribution in [-0.4, -0.2) is 24.1 Å². The molecule has 0 bridgehead atoms. The lowest BCUT2D eigenvalue weighted by Crippen LogP contribution is -2.48. The SMILES string of the molecule is CC(C)C(NC(=O)c1ccc(Cl)cc1Cl)C(=O)NN=Cc1cccc2ccccc12. The average molecular weight is 442 g/mol. The topological polar surface area (TPSA) is 70.6 Å². The van der Waals surface area contributed by atoms with Crippen molar-refractivity contribution in [3.8, 4) is 0 Å². The molecule has 3 aromatic rings. The molecule has 0 aliphatic heterocycles. The van der Waals surface area contributed by atoms with Crippen LogP contribution < -0.4 is 10.7 Å². The van der Waals surface area contributed by atoms with E-state index in [-0.39, 0.29) is 16.5 Å². The molecule has 30 heavy (non-hydrogen) atoms. The third-order valence-corrected chi connectivity index (χ3v) is 5.16. The second-order valence-corrected chi connectivity index (χ2v) is 7.97. The minimum Gasteiger partial charge on any atom is -0.340 e. The van der Waals surface area contributed by atoms with Gasteiger partial charge in [-0.3, -0.25) is 9.59 Å². The number of benzene rings is 3. The summed E-state index contributed by atoms with van der Waals surface area (Å²) >= 11 is 12.0. The van der Waals surface area contributed by atoms with Gasteiger partial charge >= 0.3 is 0 Å². The van der Waals surface area contributed by atoms with E-state index in [1.165, 1.54) is 12.1 Å². The zero-order chi connectivity index (χ0) is 21.7. The van der Waals surface area contributed by atoms with Crippen molar-refractivity contribution in [2.24, 2.45) is 11.0 Å². The highest BCUT2D eigenvalue weighted by Gasteiger charge is 2.25. The van der Waals surface area contributed by atoms with Crippen LogP contribution in [-0.2, 0) is 4.79 Å². The van der Waals surface area contributed by atoms with E-state index in [1.54, 1.807) is 12.3 Å². The van der Waals surface area contributed by atoms with E-state index in [1.807, 2.05) is 56.3 Å². The normalized spacial score (nSPS) is 12.3. The van der Waals surface area contributed by atoms with E-state index in [0.29, 0.717) is 5.02 Å². The molecule has 154 valence electrons. The number of hydrogen-bond donors (Lipinski definition) is 2. The Hall–Kier alpha value is -2.89. The Morgan fingerprint density at radius 1 is 1.00 bits per heavy atom. The lowest BCUT2D eigenvalue weighted by molar-refractivity contribution is -0.123. The van der Waals surface area contributed by atoms with Crippen LogP contribution in [0.5, 0.6) is 0 Å². The van der Waals surface area contributed by atoms with Crippen molar-refractivity contribution in [1.29, 1.82) is 0 Å². The van der Waals surface area contributed by atoms with Gasteiger partial charge in [-0.15, -0.1) is 0 Å². The average Bonchev–Trinajstić information content (AvgIpc) is 2.71. The van der Waals surface area contributed by atoms with Crippen molar-refractivity contribution in [3.05, 3.63) is 81.8 Å². The van der Waals surface area contributed by atoms with E-state index in [9.17, 15) is 9.59 Å². The molecule has 0 saturated heterocycles. The number of halogens is 2. The third kappa shape index (κ3) is 5.17. The van der Waals surface area contributed by atoms with Crippen LogP contribution in [0.3, 0.4) is 0 Å². The Balaban J connectivity index is 1.71. The molecular formula is C23H21Cl2N3O2. The van der Waals surface area contributed by atoms with Gasteiger partial charge in [0.15, 0.2) is 0 Å². The molecule has 0 aliphatic rings. The maximum absolute atomic E-state index is 12.7. The highest BCUT2D eigenvalue weighted by Crippen LogP contribution is 2.21.